The van der Waals surface area contributed by atoms with Gasteiger partial charge in [-0.25, -0.2) is 0 Å². The van der Waals surface area contributed by atoms with Crippen LogP contribution in [0, 0.1) is 0 Å². The van der Waals surface area contributed by atoms with Crippen LogP contribution in [0.2, 0.25) is 0 Å². The normalized spacial score (nSPS) is 25.8. The van der Waals surface area contributed by atoms with Crippen molar-refractivity contribution in [1.29, 1.82) is 0 Å². The maximum atomic E-state index is 12.1. The molecule has 0 bridgehead atoms. The number of hydrogen-bond donors (Lipinski definition) is 1. The van der Waals surface area contributed by atoms with E-state index in [0.717, 1.165) is 6.54 Å². The maximum Gasteiger partial charge on any atom is 0.401 e. The molecule has 0 aliphatic carbocycles. The number of halogens is 3. The summed E-state index contributed by atoms with van der Waals surface area (Å²) >= 11 is 0. The summed E-state index contributed by atoms with van der Waals surface area (Å²) in [6.45, 7) is 4.09. The average molecular weight is 225 g/mol. The predicted molar refractivity (Wildman–Crippen MR) is 52.6 cm³/mol. The van der Waals surface area contributed by atoms with Gasteiger partial charge in [-0.05, 0) is 6.92 Å². The Labute approximate surface area is 88.0 Å². The highest BCUT2D eigenvalue weighted by Gasteiger charge is 2.33. The van der Waals surface area contributed by atoms with Crippen LogP contribution in [0.15, 0.2) is 0 Å². The Bertz CT molecular complexity index is 196. The fourth-order valence-corrected chi connectivity index (χ4v) is 1.97. The first-order valence-corrected chi connectivity index (χ1v) is 5.15. The van der Waals surface area contributed by atoms with E-state index in [9.17, 15) is 13.2 Å². The van der Waals surface area contributed by atoms with Gasteiger partial charge in [-0.1, -0.05) is 0 Å². The number of nitrogens with zero attached hydrogens (tertiary/aromatic N) is 2. The molecule has 3 nitrogen and oxygen atoms in total. The average Bonchev–Trinajstić information content (AvgIpc) is 2.07. The molecule has 0 saturated carbocycles. The molecule has 0 aromatic rings. The van der Waals surface area contributed by atoms with Crippen molar-refractivity contribution in [1.82, 2.24) is 9.80 Å². The van der Waals surface area contributed by atoms with Crippen molar-refractivity contribution in [2.45, 2.75) is 19.1 Å². The fraction of sp³-hybridized carbons (Fsp3) is 1.00. The third kappa shape index (κ3) is 4.36. The first kappa shape index (κ1) is 12.7. The summed E-state index contributed by atoms with van der Waals surface area (Å²) in [5.74, 6) is 0. The van der Waals surface area contributed by atoms with Crippen molar-refractivity contribution < 1.29 is 13.2 Å². The van der Waals surface area contributed by atoms with Gasteiger partial charge in [0.1, 0.15) is 0 Å². The van der Waals surface area contributed by atoms with Crippen LogP contribution in [0.1, 0.15) is 6.92 Å². The zero-order valence-electron chi connectivity index (χ0n) is 8.93. The zero-order chi connectivity index (χ0) is 11.5. The van der Waals surface area contributed by atoms with E-state index in [1.165, 1.54) is 4.90 Å². The van der Waals surface area contributed by atoms with Crippen LogP contribution in [0.5, 0.6) is 0 Å². The number of nitrogens with two attached hydrogens (primary N) is 1. The van der Waals surface area contributed by atoms with Crippen molar-refractivity contribution >= 4 is 0 Å². The highest BCUT2D eigenvalue weighted by Crippen LogP contribution is 2.18. The molecule has 1 rings (SSSR count). The van der Waals surface area contributed by atoms with Crippen LogP contribution in [0.3, 0.4) is 0 Å². The van der Waals surface area contributed by atoms with Gasteiger partial charge in [0.05, 0.1) is 6.54 Å². The topological polar surface area (TPSA) is 32.5 Å². The van der Waals surface area contributed by atoms with Gasteiger partial charge in [0.15, 0.2) is 0 Å². The van der Waals surface area contributed by atoms with Crippen LogP contribution >= 0.6 is 0 Å². The van der Waals surface area contributed by atoms with Crippen LogP contribution in [-0.2, 0) is 0 Å². The largest absolute Gasteiger partial charge is 0.401 e. The minimum atomic E-state index is -4.09. The lowest BCUT2D eigenvalue weighted by Crippen LogP contribution is -2.54. The molecule has 1 atom stereocenters. The molecule has 0 radical (unpaired) electrons. The van der Waals surface area contributed by atoms with Gasteiger partial charge in [0, 0.05) is 38.8 Å². The van der Waals surface area contributed by atoms with Gasteiger partial charge >= 0.3 is 6.18 Å². The van der Waals surface area contributed by atoms with Crippen molar-refractivity contribution in [3.8, 4) is 0 Å². The van der Waals surface area contributed by atoms with Gasteiger partial charge in [0.25, 0.3) is 0 Å². The second-order valence-electron chi connectivity index (χ2n) is 4.02. The second kappa shape index (κ2) is 5.14. The van der Waals surface area contributed by atoms with Crippen molar-refractivity contribution in [2.75, 3.05) is 39.3 Å². The molecule has 0 unspecified atom stereocenters. The van der Waals surface area contributed by atoms with E-state index in [1.807, 2.05) is 6.92 Å². The summed E-state index contributed by atoms with van der Waals surface area (Å²) in [6, 6.07) is 0.157. The number of rotatable bonds is 3. The minimum absolute atomic E-state index is 0.157. The zero-order valence-corrected chi connectivity index (χ0v) is 8.93. The quantitative estimate of drug-likeness (QED) is 0.759. The Kier molecular flexibility index (Phi) is 4.36. The maximum absolute atomic E-state index is 12.1. The Morgan fingerprint density at radius 1 is 1.33 bits per heavy atom. The molecule has 1 fully saturated rings. The van der Waals surface area contributed by atoms with E-state index in [-0.39, 0.29) is 6.04 Å². The Balaban J connectivity index is 2.37. The molecular formula is C9H18F3N3. The molecule has 1 aliphatic rings. The van der Waals surface area contributed by atoms with Crippen LogP contribution in [0.4, 0.5) is 13.2 Å². The Morgan fingerprint density at radius 2 is 2.00 bits per heavy atom. The van der Waals surface area contributed by atoms with E-state index in [2.05, 4.69) is 4.90 Å². The fourth-order valence-electron chi connectivity index (χ4n) is 1.97. The third-order valence-electron chi connectivity index (χ3n) is 2.67. The first-order valence-electron chi connectivity index (χ1n) is 5.15. The molecule has 6 heteroatoms. The number of hydrogen-bond acceptors (Lipinski definition) is 3. The lowest BCUT2D eigenvalue weighted by Gasteiger charge is -2.39. The van der Waals surface area contributed by atoms with Gasteiger partial charge in [0.2, 0.25) is 0 Å². The molecule has 0 amide bonds. The molecule has 1 aliphatic heterocycles. The summed E-state index contributed by atoms with van der Waals surface area (Å²) in [6.07, 6.45) is -4.09. The lowest BCUT2D eigenvalue weighted by molar-refractivity contribution is -0.151. The molecular weight excluding hydrogens is 207 g/mol. The summed E-state index contributed by atoms with van der Waals surface area (Å²) in [7, 11) is 0. The third-order valence-corrected chi connectivity index (χ3v) is 2.67. The van der Waals surface area contributed by atoms with Gasteiger partial charge in [-0.2, -0.15) is 13.2 Å². The predicted octanol–water partition coefficient (Wildman–Crippen LogP) is 0.514. The standard InChI is InChI=1S/C9H18F3N3/c1-8-6-14(7-9(10,11)12)4-5-15(8)3-2-13/h8H,2-7,13H2,1H3/t8-/m0/s1. The summed E-state index contributed by atoms with van der Waals surface area (Å²) < 4.78 is 36.4. The molecule has 90 valence electrons. The van der Waals surface area contributed by atoms with E-state index in [4.69, 9.17) is 5.73 Å². The summed E-state index contributed by atoms with van der Waals surface area (Å²) in [5.41, 5.74) is 5.42. The van der Waals surface area contributed by atoms with Gasteiger partial charge in [-0.3, -0.25) is 9.80 Å². The Hall–Kier alpha value is -0.330. The molecule has 1 saturated heterocycles. The minimum Gasteiger partial charge on any atom is -0.329 e. The highest BCUT2D eigenvalue weighted by atomic mass is 19.4. The van der Waals surface area contributed by atoms with Crippen molar-refractivity contribution in [3.63, 3.8) is 0 Å². The second-order valence-corrected chi connectivity index (χ2v) is 4.02. The molecule has 1 heterocycles. The van der Waals surface area contributed by atoms with Crippen LogP contribution in [0.25, 0.3) is 0 Å². The summed E-state index contributed by atoms with van der Waals surface area (Å²) in [5, 5.41) is 0. The van der Waals surface area contributed by atoms with E-state index in [1.54, 1.807) is 0 Å². The van der Waals surface area contributed by atoms with E-state index < -0.39 is 12.7 Å². The van der Waals surface area contributed by atoms with Crippen molar-refractivity contribution in [3.05, 3.63) is 0 Å². The molecule has 0 aromatic heterocycles. The van der Waals surface area contributed by atoms with Crippen LogP contribution < -0.4 is 5.73 Å². The molecule has 15 heavy (non-hydrogen) atoms. The molecule has 0 spiro atoms. The SMILES string of the molecule is C[C@H]1CN(CC(F)(F)F)CCN1CCN. The first-order chi connectivity index (χ1) is 6.92. The van der Waals surface area contributed by atoms with Gasteiger partial charge < -0.3 is 5.73 Å². The molecule has 0 aromatic carbocycles. The Morgan fingerprint density at radius 3 is 2.47 bits per heavy atom. The van der Waals surface area contributed by atoms with E-state index >= 15 is 0 Å². The van der Waals surface area contributed by atoms with Crippen molar-refractivity contribution in [2.24, 2.45) is 5.73 Å². The summed E-state index contributed by atoms with van der Waals surface area (Å²) in [4.78, 5) is 3.59. The van der Waals surface area contributed by atoms with Crippen LogP contribution in [-0.4, -0.2) is 61.3 Å². The lowest BCUT2D eigenvalue weighted by atomic mass is 10.2. The number of piperazine rings is 1. The smallest absolute Gasteiger partial charge is 0.329 e. The highest BCUT2D eigenvalue weighted by molar-refractivity contribution is 4.80. The number of alkyl halides is 3. The monoisotopic (exact) mass is 225 g/mol. The van der Waals surface area contributed by atoms with E-state index in [0.29, 0.717) is 26.2 Å². The molecule has 2 N–H and O–H groups in total. The van der Waals surface area contributed by atoms with Gasteiger partial charge in [-0.15, -0.1) is 0 Å².